The maximum atomic E-state index is 13.5. The van der Waals surface area contributed by atoms with Crippen LogP contribution in [0.3, 0.4) is 0 Å². The molecular weight excluding hydrogens is 570 g/mol. The minimum absolute atomic E-state index is 0.00281. The van der Waals surface area contributed by atoms with Crippen molar-refractivity contribution < 1.29 is 9.53 Å². The number of hydrogen-bond acceptors (Lipinski definition) is 6. The zero-order valence-electron chi connectivity index (χ0n) is 30.6. The second-order valence-corrected chi connectivity index (χ2v) is 16.5. The highest BCUT2D eigenvalue weighted by Crippen LogP contribution is 2.67. The molecule has 7 nitrogen and oxygen atoms in total. The Morgan fingerprint density at radius 2 is 1.80 bits per heavy atom. The van der Waals surface area contributed by atoms with Crippen LogP contribution in [0.5, 0.6) is 0 Å². The average molecular weight is 642 g/mol. The van der Waals surface area contributed by atoms with Crippen LogP contribution in [0.2, 0.25) is 0 Å². The van der Waals surface area contributed by atoms with Crippen LogP contribution < -0.4 is 16.0 Å². The summed E-state index contributed by atoms with van der Waals surface area (Å²) in [5.74, 6) is 5.09. The van der Waals surface area contributed by atoms with E-state index >= 15 is 0 Å². The molecule has 0 heterocycles. The number of allylic oxidation sites excluding steroid dienone is 1. The number of amides is 1. The van der Waals surface area contributed by atoms with Gasteiger partial charge in [0.15, 0.2) is 0 Å². The summed E-state index contributed by atoms with van der Waals surface area (Å²) in [5, 5.41) is 16.8. The summed E-state index contributed by atoms with van der Waals surface area (Å²) in [6, 6.07) is 0. The van der Waals surface area contributed by atoms with Crippen LogP contribution in [0.15, 0.2) is 11.6 Å². The zero-order chi connectivity index (χ0) is 33.2. The molecule has 4 rings (SSSR count). The first-order valence-electron chi connectivity index (χ1n) is 19.3. The Hall–Kier alpha value is -1.44. The lowest BCUT2D eigenvalue weighted by Gasteiger charge is -2.58. The first-order chi connectivity index (χ1) is 22.1. The van der Waals surface area contributed by atoms with Crippen LogP contribution in [0.1, 0.15) is 125 Å². The average Bonchev–Trinajstić information content (AvgIpc) is 3.39. The smallest absolute Gasteiger partial charge is 0.410 e. The van der Waals surface area contributed by atoms with E-state index in [2.05, 4.69) is 56.6 Å². The Morgan fingerprint density at radius 3 is 2.57 bits per heavy atom. The van der Waals surface area contributed by atoms with Gasteiger partial charge in [-0.25, -0.2) is 4.79 Å². The third-order valence-electron chi connectivity index (χ3n) is 13.2. The molecular formula is C39H71N5O2. The quantitative estimate of drug-likeness (QED) is 0.0497. The molecule has 4 N–H and O–H groups in total. The predicted molar refractivity (Wildman–Crippen MR) is 192 cm³/mol. The normalized spacial score (nSPS) is 32.7. The second-order valence-electron chi connectivity index (χ2n) is 16.5. The molecule has 0 aromatic carbocycles. The van der Waals surface area contributed by atoms with Crippen LogP contribution in [-0.4, -0.2) is 69.8 Å². The molecule has 3 fully saturated rings. The fourth-order valence-corrected chi connectivity index (χ4v) is 10.6. The summed E-state index contributed by atoms with van der Waals surface area (Å²) >= 11 is 0. The molecule has 8 unspecified atom stereocenters. The fourth-order valence-electron chi connectivity index (χ4n) is 10.6. The highest BCUT2D eigenvalue weighted by molar-refractivity contribution is 5.67. The first-order valence-corrected chi connectivity index (χ1v) is 19.3. The number of carbonyl (C=O) groups excluding carboxylic acids is 1. The van der Waals surface area contributed by atoms with E-state index in [0.717, 1.165) is 93.7 Å². The van der Waals surface area contributed by atoms with Gasteiger partial charge in [0, 0.05) is 38.9 Å². The molecule has 4 aliphatic rings. The van der Waals surface area contributed by atoms with E-state index in [9.17, 15) is 4.79 Å². The van der Waals surface area contributed by atoms with Gasteiger partial charge in [-0.15, -0.1) is 0 Å². The lowest BCUT2D eigenvalue weighted by atomic mass is 9.47. The molecule has 0 saturated heterocycles. The van der Waals surface area contributed by atoms with Gasteiger partial charge in [-0.05, 0) is 131 Å². The van der Waals surface area contributed by atoms with Crippen LogP contribution in [0.25, 0.3) is 0 Å². The molecule has 0 bridgehead atoms. The summed E-state index contributed by atoms with van der Waals surface area (Å²) in [5.41, 5.74) is 2.40. The van der Waals surface area contributed by atoms with Gasteiger partial charge in [-0.1, -0.05) is 65.5 Å². The van der Waals surface area contributed by atoms with Crippen molar-refractivity contribution in [2.75, 3.05) is 46.4 Å². The summed E-state index contributed by atoms with van der Waals surface area (Å²) < 4.78 is 6.30. The maximum absolute atomic E-state index is 13.5. The van der Waals surface area contributed by atoms with Gasteiger partial charge in [0.25, 0.3) is 0 Å². The second kappa shape index (κ2) is 17.8. The van der Waals surface area contributed by atoms with Gasteiger partial charge in [0.05, 0.1) is 0 Å². The predicted octanol–water partition coefficient (Wildman–Crippen LogP) is 8.01. The highest BCUT2D eigenvalue weighted by Gasteiger charge is 2.59. The Labute approximate surface area is 282 Å². The molecule has 7 heteroatoms. The van der Waals surface area contributed by atoms with Crippen LogP contribution in [0.4, 0.5) is 4.79 Å². The van der Waals surface area contributed by atoms with Crippen molar-refractivity contribution in [3.63, 3.8) is 0 Å². The number of hydrogen-bond donors (Lipinski definition) is 4. The zero-order valence-corrected chi connectivity index (χ0v) is 30.6. The third-order valence-corrected chi connectivity index (χ3v) is 13.2. The number of rotatable bonds is 19. The molecule has 1 amide bonds. The fraction of sp³-hybridized carbons (Fsp3) is 0.897. The summed E-state index contributed by atoms with van der Waals surface area (Å²) in [7, 11) is 1.98. The van der Waals surface area contributed by atoms with Gasteiger partial charge >= 0.3 is 6.09 Å². The van der Waals surface area contributed by atoms with Crippen molar-refractivity contribution >= 4 is 12.3 Å². The Kier molecular flexibility index (Phi) is 14.5. The molecule has 0 spiro atoms. The van der Waals surface area contributed by atoms with E-state index in [-0.39, 0.29) is 17.6 Å². The highest BCUT2D eigenvalue weighted by atomic mass is 16.6. The molecule has 8 atom stereocenters. The molecule has 46 heavy (non-hydrogen) atoms. The summed E-state index contributed by atoms with van der Waals surface area (Å²) in [6.07, 6.45) is 21.0. The van der Waals surface area contributed by atoms with Crippen molar-refractivity contribution in [3.05, 3.63) is 11.6 Å². The molecule has 0 aromatic heterocycles. The SMILES string of the molecule is CNCCCCN(CCCNCNCC=N)C(=O)OC1CCC2(C)C(=CCC3C2CCC2(C)C(C(C)CCCC(C)C)CCC32)C1. The largest absolute Gasteiger partial charge is 0.446 e. The van der Waals surface area contributed by atoms with Crippen LogP contribution in [0, 0.1) is 51.7 Å². The molecule has 0 radical (unpaired) electrons. The van der Waals surface area contributed by atoms with Gasteiger partial charge < -0.3 is 25.7 Å². The van der Waals surface area contributed by atoms with E-state index in [4.69, 9.17) is 10.1 Å². The van der Waals surface area contributed by atoms with Crippen molar-refractivity contribution in [1.29, 1.82) is 5.41 Å². The number of nitrogens with one attached hydrogen (secondary N) is 4. The molecule has 0 aliphatic heterocycles. The number of carbonyl (C=O) groups is 1. The third kappa shape index (κ3) is 9.16. The Morgan fingerprint density at radius 1 is 1.00 bits per heavy atom. The standard InChI is InChI=1S/C39H71N5O2/c1-29(2)11-9-12-30(3)34-15-16-35-33-14-13-31-27-32(17-19-38(31,4)36(33)18-20-39(34,35)5)46-37(45)44(25-8-7-22-41-6)26-10-23-42-28-43-24-21-40/h13,21,29-30,32-36,40-43H,7-12,14-20,22-28H2,1-6H3. The van der Waals surface area contributed by atoms with Crippen molar-refractivity contribution in [3.8, 4) is 0 Å². The molecule has 264 valence electrons. The van der Waals surface area contributed by atoms with Gasteiger partial charge in [-0.2, -0.15) is 0 Å². The minimum Gasteiger partial charge on any atom is -0.446 e. The lowest BCUT2D eigenvalue weighted by Crippen LogP contribution is -2.51. The van der Waals surface area contributed by atoms with Crippen LogP contribution >= 0.6 is 0 Å². The van der Waals surface area contributed by atoms with Crippen molar-refractivity contribution in [2.45, 2.75) is 131 Å². The Balaban J connectivity index is 1.32. The lowest BCUT2D eigenvalue weighted by molar-refractivity contribution is -0.0593. The summed E-state index contributed by atoms with van der Waals surface area (Å²) in [6.45, 7) is 17.1. The number of fused-ring (bicyclic) bond motifs is 5. The first kappa shape index (κ1) is 37.4. The number of unbranched alkanes of at least 4 members (excludes halogenated alkanes) is 1. The number of ether oxygens (including phenoxy) is 1. The minimum atomic E-state index is -0.123. The van der Waals surface area contributed by atoms with Gasteiger partial charge in [-0.3, -0.25) is 5.32 Å². The monoisotopic (exact) mass is 642 g/mol. The Bertz CT molecular complexity index is 985. The number of nitrogens with zero attached hydrogens (tertiary/aromatic N) is 1. The maximum Gasteiger partial charge on any atom is 0.410 e. The van der Waals surface area contributed by atoms with E-state index < -0.39 is 0 Å². The van der Waals surface area contributed by atoms with E-state index in [1.54, 1.807) is 5.57 Å². The van der Waals surface area contributed by atoms with Crippen molar-refractivity contribution in [1.82, 2.24) is 20.9 Å². The topological polar surface area (TPSA) is 89.5 Å². The van der Waals surface area contributed by atoms with E-state index in [1.165, 1.54) is 57.6 Å². The van der Waals surface area contributed by atoms with Crippen molar-refractivity contribution in [2.24, 2.45) is 46.3 Å². The summed E-state index contributed by atoms with van der Waals surface area (Å²) in [4.78, 5) is 15.5. The molecule has 3 saturated carbocycles. The van der Waals surface area contributed by atoms with Gasteiger partial charge in [0.2, 0.25) is 0 Å². The van der Waals surface area contributed by atoms with E-state index in [1.807, 2.05) is 11.9 Å². The van der Waals surface area contributed by atoms with Gasteiger partial charge in [0.1, 0.15) is 6.10 Å². The molecule has 4 aliphatic carbocycles. The molecule has 0 aromatic rings. The van der Waals surface area contributed by atoms with Crippen LogP contribution in [-0.2, 0) is 4.74 Å². The van der Waals surface area contributed by atoms with E-state index in [0.29, 0.717) is 25.2 Å².